The van der Waals surface area contributed by atoms with Gasteiger partial charge in [0.2, 0.25) is 0 Å². The summed E-state index contributed by atoms with van der Waals surface area (Å²) in [6.07, 6.45) is 4.69. The van der Waals surface area contributed by atoms with Crippen LogP contribution in [0.25, 0.3) is 6.08 Å². The van der Waals surface area contributed by atoms with Crippen molar-refractivity contribution >= 4 is 6.08 Å². The van der Waals surface area contributed by atoms with Gasteiger partial charge in [0.05, 0.1) is 13.2 Å². The summed E-state index contributed by atoms with van der Waals surface area (Å²) in [7, 11) is 0. The van der Waals surface area contributed by atoms with E-state index in [0.717, 1.165) is 30.9 Å². The van der Waals surface area contributed by atoms with E-state index >= 15 is 0 Å². The predicted octanol–water partition coefficient (Wildman–Crippen LogP) is 4.21. The van der Waals surface area contributed by atoms with Crippen molar-refractivity contribution in [2.75, 3.05) is 19.8 Å². The van der Waals surface area contributed by atoms with Gasteiger partial charge in [-0.2, -0.15) is 0 Å². The molecule has 3 nitrogen and oxygen atoms in total. The summed E-state index contributed by atoms with van der Waals surface area (Å²) in [4.78, 5) is 0. The lowest BCUT2D eigenvalue weighted by molar-refractivity contribution is -0.183. The van der Waals surface area contributed by atoms with E-state index in [1.54, 1.807) is 0 Å². The number of ether oxygens (including phenoxy) is 3. The third-order valence-electron chi connectivity index (χ3n) is 3.45. The van der Waals surface area contributed by atoms with Gasteiger partial charge >= 0.3 is 0 Å². The van der Waals surface area contributed by atoms with E-state index in [1.807, 2.05) is 48.5 Å². The lowest BCUT2D eigenvalue weighted by atomic mass is 10.2. The smallest absolute Gasteiger partial charge is 0.187 e. The molecule has 3 rings (SSSR count). The first-order valence-corrected chi connectivity index (χ1v) is 7.60. The molecule has 0 bridgehead atoms. The van der Waals surface area contributed by atoms with E-state index < -0.39 is 0 Å². The molecule has 114 valence electrons. The first kappa shape index (κ1) is 14.8. The largest absolute Gasteiger partial charge is 0.489 e. The molecule has 0 spiro atoms. The summed E-state index contributed by atoms with van der Waals surface area (Å²) < 4.78 is 17.2. The van der Waals surface area contributed by atoms with Crippen LogP contribution in [0.4, 0.5) is 0 Å². The van der Waals surface area contributed by atoms with Crippen molar-refractivity contribution in [2.45, 2.75) is 12.7 Å². The van der Waals surface area contributed by atoms with Crippen LogP contribution in [0.5, 0.6) is 5.75 Å². The predicted molar refractivity (Wildman–Crippen MR) is 86.7 cm³/mol. The zero-order chi connectivity index (χ0) is 15.0. The van der Waals surface area contributed by atoms with Crippen LogP contribution >= 0.6 is 0 Å². The molecule has 1 aliphatic rings. The number of benzene rings is 2. The van der Waals surface area contributed by atoms with Gasteiger partial charge < -0.3 is 14.2 Å². The highest BCUT2D eigenvalue weighted by molar-refractivity contribution is 5.48. The Balaban J connectivity index is 1.61. The topological polar surface area (TPSA) is 27.7 Å². The Hall–Kier alpha value is -2.10. The molecule has 22 heavy (non-hydrogen) atoms. The molecule has 0 aromatic heterocycles. The first-order chi connectivity index (χ1) is 10.9. The van der Waals surface area contributed by atoms with E-state index in [9.17, 15) is 0 Å². The normalized spacial score (nSPS) is 16.0. The molecule has 0 N–H and O–H groups in total. The fraction of sp³-hybridized carbons (Fsp3) is 0.263. The van der Waals surface area contributed by atoms with Crippen LogP contribution in [0.15, 0.2) is 60.7 Å². The molecule has 0 saturated carbocycles. The van der Waals surface area contributed by atoms with E-state index in [0.29, 0.717) is 6.61 Å². The third-order valence-corrected chi connectivity index (χ3v) is 3.45. The minimum Gasteiger partial charge on any atom is -0.489 e. The van der Waals surface area contributed by atoms with Gasteiger partial charge in [0, 0.05) is 5.56 Å². The molecule has 1 aliphatic heterocycles. The van der Waals surface area contributed by atoms with Crippen LogP contribution < -0.4 is 4.74 Å². The molecule has 1 fully saturated rings. The van der Waals surface area contributed by atoms with Crippen LogP contribution in [0.2, 0.25) is 0 Å². The molecule has 2 aromatic carbocycles. The molecule has 3 heteroatoms. The summed E-state index contributed by atoms with van der Waals surface area (Å²) in [5, 5.41) is 0. The van der Waals surface area contributed by atoms with Crippen molar-refractivity contribution in [1.29, 1.82) is 0 Å². The van der Waals surface area contributed by atoms with Gasteiger partial charge in [-0.1, -0.05) is 54.6 Å². The van der Waals surface area contributed by atoms with Gasteiger partial charge in [0.25, 0.3) is 0 Å². The summed E-state index contributed by atoms with van der Waals surface area (Å²) >= 11 is 0. The fourth-order valence-corrected chi connectivity index (χ4v) is 2.36. The Morgan fingerprint density at radius 1 is 0.955 bits per heavy atom. The fourth-order valence-electron chi connectivity index (χ4n) is 2.36. The summed E-state index contributed by atoms with van der Waals surface area (Å²) in [5.74, 6) is 0.812. The molecule has 0 radical (unpaired) electrons. The first-order valence-electron chi connectivity index (χ1n) is 7.60. The van der Waals surface area contributed by atoms with Crippen LogP contribution in [0.3, 0.4) is 0 Å². The summed E-state index contributed by atoms with van der Waals surface area (Å²) in [5.41, 5.74) is 2.12. The van der Waals surface area contributed by atoms with Crippen LogP contribution in [0.1, 0.15) is 23.8 Å². The van der Waals surface area contributed by atoms with Crippen LogP contribution in [-0.2, 0) is 9.47 Å². The molecule has 1 heterocycles. The van der Waals surface area contributed by atoms with Crippen LogP contribution in [-0.4, -0.2) is 19.8 Å². The number of para-hydroxylation sites is 1. The standard InChI is InChI=1S/C19H20O3/c1-2-8-16(9-3-1)10-6-13-20-18-12-5-4-11-17(18)19-21-14-7-15-22-19/h1-6,8-12,19H,7,13-15H2. The number of hydrogen-bond donors (Lipinski definition) is 0. The van der Waals surface area contributed by atoms with Crippen molar-refractivity contribution in [1.82, 2.24) is 0 Å². The van der Waals surface area contributed by atoms with Crippen molar-refractivity contribution in [3.8, 4) is 5.75 Å². The van der Waals surface area contributed by atoms with Gasteiger partial charge in [-0.15, -0.1) is 0 Å². The summed E-state index contributed by atoms with van der Waals surface area (Å²) in [6, 6.07) is 18.1. The SMILES string of the molecule is C(=Cc1ccccc1)COc1ccccc1C1OCCCO1. The second kappa shape index (κ2) is 7.78. The lowest BCUT2D eigenvalue weighted by Crippen LogP contribution is -2.18. The zero-order valence-electron chi connectivity index (χ0n) is 12.5. The minimum absolute atomic E-state index is 0.317. The monoisotopic (exact) mass is 296 g/mol. The maximum absolute atomic E-state index is 5.87. The Kier molecular flexibility index (Phi) is 5.24. The van der Waals surface area contributed by atoms with Crippen molar-refractivity contribution in [3.05, 3.63) is 71.8 Å². The second-order valence-corrected chi connectivity index (χ2v) is 5.09. The summed E-state index contributed by atoms with van der Waals surface area (Å²) in [6.45, 7) is 1.97. The van der Waals surface area contributed by atoms with E-state index in [4.69, 9.17) is 14.2 Å². The third kappa shape index (κ3) is 3.97. The lowest BCUT2D eigenvalue weighted by Gasteiger charge is -2.25. The molecule has 0 unspecified atom stereocenters. The Morgan fingerprint density at radius 2 is 1.68 bits per heavy atom. The molecule has 0 amide bonds. The van der Waals surface area contributed by atoms with Gasteiger partial charge in [0.15, 0.2) is 6.29 Å². The average Bonchev–Trinajstić information content (AvgIpc) is 2.61. The highest BCUT2D eigenvalue weighted by atomic mass is 16.7. The zero-order valence-corrected chi connectivity index (χ0v) is 12.5. The highest BCUT2D eigenvalue weighted by Gasteiger charge is 2.20. The molecule has 0 aliphatic carbocycles. The van der Waals surface area contributed by atoms with Gasteiger partial charge in [-0.3, -0.25) is 0 Å². The van der Waals surface area contributed by atoms with Crippen molar-refractivity contribution < 1.29 is 14.2 Å². The Bertz CT molecular complexity index is 601. The maximum atomic E-state index is 5.87. The number of hydrogen-bond acceptors (Lipinski definition) is 3. The molecular formula is C19H20O3. The van der Waals surface area contributed by atoms with Gasteiger partial charge in [-0.25, -0.2) is 0 Å². The van der Waals surface area contributed by atoms with Gasteiger partial charge in [-0.05, 0) is 24.1 Å². The van der Waals surface area contributed by atoms with Crippen molar-refractivity contribution in [2.24, 2.45) is 0 Å². The molecule has 2 aromatic rings. The minimum atomic E-state index is -0.317. The molecule has 1 saturated heterocycles. The molecular weight excluding hydrogens is 276 g/mol. The quantitative estimate of drug-likeness (QED) is 0.827. The van der Waals surface area contributed by atoms with E-state index in [2.05, 4.69) is 18.2 Å². The average molecular weight is 296 g/mol. The second-order valence-electron chi connectivity index (χ2n) is 5.09. The number of rotatable bonds is 5. The maximum Gasteiger partial charge on any atom is 0.187 e. The van der Waals surface area contributed by atoms with Crippen LogP contribution in [0, 0.1) is 0 Å². The van der Waals surface area contributed by atoms with E-state index in [1.165, 1.54) is 5.56 Å². The van der Waals surface area contributed by atoms with Gasteiger partial charge in [0.1, 0.15) is 12.4 Å². The Labute approximate surface area is 131 Å². The Morgan fingerprint density at radius 3 is 2.50 bits per heavy atom. The van der Waals surface area contributed by atoms with E-state index in [-0.39, 0.29) is 6.29 Å². The van der Waals surface area contributed by atoms with Crippen molar-refractivity contribution in [3.63, 3.8) is 0 Å². The highest BCUT2D eigenvalue weighted by Crippen LogP contribution is 2.30. The molecule has 0 atom stereocenters.